The largest absolute Gasteiger partial charge is 0.478 e. The normalized spacial score (nSPS) is 11.1. The van der Waals surface area contributed by atoms with E-state index in [0.717, 1.165) is 0 Å². The maximum Gasteiger partial charge on any atom is 0.332 e. The smallest absolute Gasteiger partial charge is 0.332 e. The number of halogens is 1. The minimum absolute atomic E-state index is 0.0285. The van der Waals surface area contributed by atoms with E-state index < -0.39 is 11.9 Å². The Labute approximate surface area is 103 Å². The molecule has 0 amide bonds. The number of benzene rings is 1. The summed E-state index contributed by atoms with van der Waals surface area (Å²) in [4.78, 5) is 21.9. The van der Waals surface area contributed by atoms with Gasteiger partial charge in [-0.3, -0.25) is 4.79 Å². The molecule has 1 aromatic carbocycles. The van der Waals surface area contributed by atoms with E-state index in [1.54, 1.807) is 24.3 Å². The molecule has 4 nitrogen and oxygen atoms in total. The van der Waals surface area contributed by atoms with Crippen LogP contribution in [0, 0.1) is 0 Å². The van der Waals surface area contributed by atoms with Gasteiger partial charge in [-0.2, -0.15) is 0 Å². The first-order chi connectivity index (χ1) is 8.02. The Morgan fingerprint density at radius 1 is 1.35 bits per heavy atom. The molecule has 0 aliphatic heterocycles. The molecule has 17 heavy (non-hydrogen) atoms. The van der Waals surface area contributed by atoms with Crippen molar-refractivity contribution in [3.63, 3.8) is 0 Å². The summed E-state index contributed by atoms with van der Waals surface area (Å²) in [5, 5.41) is 9.49. The second-order valence-corrected chi connectivity index (χ2v) is 3.72. The molecular weight excluding hydrogens is 244 g/mol. The molecule has 0 unspecified atom stereocenters. The third kappa shape index (κ3) is 4.28. The average molecular weight is 255 g/mol. The lowest BCUT2D eigenvalue weighted by atomic mass is 10.1. The standard InChI is InChI=1S/C12H11ClO4/c1-17-11(14)7-9(12(15)16)6-8-2-4-10(13)5-3-8/h2-6H,7H2,1H3,(H,15,16)/b9-6+. The van der Waals surface area contributed by atoms with Gasteiger partial charge in [0.25, 0.3) is 0 Å². The predicted octanol–water partition coefficient (Wildman–Crippen LogP) is 2.37. The third-order valence-electron chi connectivity index (χ3n) is 2.05. The van der Waals surface area contributed by atoms with Crippen molar-refractivity contribution < 1.29 is 19.4 Å². The van der Waals surface area contributed by atoms with Crippen molar-refractivity contribution >= 4 is 29.6 Å². The van der Waals surface area contributed by atoms with Crippen molar-refractivity contribution in [3.05, 3.63) is 40.4 Å². The number of rotatable bonds is 4. The molecule has 0 bridgehead atoms. The highest BCUT2D eigenvalue weighted by Crippen LogP contribution is 2.14. The van der Waals surface area contributed by atoms with E-state index in [1.807, 2.05) is 0 Å². The Hall–Kier alpha value is -1.81. The first-order valence-electron chi connectivity index (χ1n) is 4.79. The molecule has 0 spiro atoms. The van der Waals surface area contributed by atoms with Crippen LogP contribution < -0.4 is 0 Å². The lowest BCUT2D eigenvalue weighted by molar-refractivity contribution is -0.142. The first kappa shape index (κ1) is 13.3. The van der Waals surface area contributed by atoms with Crippen LogP contribution in [0.25, 0.3) is 6.08 Å². The van der Waals surface area contributed by atoms with Crippen molar-refractivity contribution in [1.82, 2.24) is 0 Å². The van der Waals surface area contributed by atoms with Gasteiger partial charge in [0.2, 0.25) is 0 Å². The van der Waals surface area contributed by atoms with Crippen molar-refractivity contribution in [2.45, 2.75) is 6.42 Å². The van der Waals surface area contributed by atoms with Gasteiger partial charge in [0.05, 0.1) is 13.5 Å². The van der Waals surface area contributed by atoms with Crippen LogP contribution in [0.2, 0.25) is 5.02 Å². The first-order valence-corrected chi connectivity index (χ1v) is 5.17. The minimum Gasteiger partial charge on any atom is -0.478 e. The number of methoxy groups -OCH3 is 1. The predicted molar refractivity (Wildman–Crippen MR) is 63.7 cm³/mol. The van der Waals surface area contributed by atoms with E-state index in [9.17, 15) is 9.59 Å². The Morgan fingerprint density at radius 3 is 2.41 bits per heavy atom. The Balaban J connectivity index is 2.94. The summed E-state index contributed by atoms with van der Waals surface area (Å²) in [6.45, 7) is 0. The summed E-state index contributed by atoms with van der Waals surface area (Å²) in [5.41, 5.74) is 0.634. The van der Waals surface area contributed by atoms with Crippen LogP contribution in [-0.2, 0) is 14.3 Å². The molecule has 90 valence electrons. The highest BCUT2D eigenvalue weighted by Gasteiger charge is 2.12. The molecule has 0 fully saturated rings. The van der Waals surface area contributed by atoms with E-state index in [4.69, 9.17) is 16.7 Å². The second-order valence-electron chi connectivity index (χ2n) is 3.28. The third-order valence-corrected chi connectivity index (χ3v) is 2.30. The zero-order valence-electron chi connectivity index (χ0n) is 9.14. The van der Waals surface area contributed by atoms with Gasteiger partial charge in [-0.25, -0.2) is 4.79 Å². The summed E-state index contributed by atoms with van der Waals surface area (Å²) in [7, 11) is 1.21. The van der Waals surface area contributed by atoms with Gasteiger partial charge in [-0.1, -0.05) is 23.7 Å². The number of carbonyl (C=O) groups excluding carboxylic acids is 1. The minimum atomic E-state index is -1.15. The van der Waals surface area contributed by atoms with Gasteiger partial charge >= 0.3 is 11.9 Å². The molecule has 0 radical (unpaired) electrons. The number of carboxylic acid groups (broad SMARTS) is 1. The van der Waals surface area contributed by atoms with Crippen molar-refractivity contribution in [1.29, 1.82) is 0 Å². The highest BCUT2D eigenvalue weighted by molar-refractivity contribution is 6.30. The molecule has 1 N–H and O–H groups in total. The van der Waals surface area contributed by atoms with Crippen LogP contribution in [-0.4, -0.2) is 24.2 Å². The molecule has 5 heteroatoms. The number of carboxylic acids is 1. The summed E-state index contributed by atoms with van der Waals surface area (Å²) in [6, 6.07) is 6.63. The van der Waals surface area contributed by atoms with Gasteiger partial charge < -0.3 is 9.84 Å². The molecule has 0 heterocycles. The second kappa shape index (κ2) is 6.06. The van der Waals surface area contributed by atoms with Crippen LogP contribution >= 0.6 is 11.6 Å². The molecule has 1 aromatic rings. The van der Waals surface area contributed by atoms with Crippen LogP contribution in [0.5, 0.6) is 0 Å². The Morgan fingerprint density at radius 2 is 1.94 bits per heavy atom. The van der Waals surface area contributed by atoms with Gasteiger partial charge in [-0.05, 0) is 23.8 Å². The maximum absolute atomic E-state index is 11.0. The van der Waals surface area contributed by atoms with Crippen LogP contribution in [0.1, 0.15) is 12.0 Å². The fourth-order valence-corrected chi connectivity index (χ4v) is 1.30. The SMILES string of the molecule is COC(=O)C/C(=C\c1ccc(Cl)cc1)C(=O)O. The van der Waals surface area contributed by atoms with Gasteiger partial charge in [0, 0.05) is 10.6 Å². The lowest BCUT2D eigenvalue weighted by Gasteiger charge is -2.01. The molecule has 0 aromatic heterocycles. The number of ether oxygens (including phenoxy) is 1. The molecule has 0 aliphatic rings. The van der Waals surface area contributed by atoms with Gasteiger partial charge in [0.15, 0.2) is 0 Å². The summed E-state index contributed by atoms with van der Waals surface area (Å²) >= 11 is 5.71. The van der Waals surface area contributed by atoms with Crippen molar-refractivity contribution in [2.75, 3.05) is 7.11 Å². The summed E-state index contributed by atoms with van der Waals surface area (Å²) in [5.74, 6) is -1.74. The molecule has 1 rings (SSSR count). The summed E-state index contributed by atoms with van der Waals surface area (Å²) < 4.78 is 4.42. The number of hydrogen-bond acceptors (Lipinski definition) is 3. The molecule has 0 atom stereocenters. The summed E-state index contributed by atoms with van der Waals surface area (Å²) in [6.07, 6.45) is 1.14. The Bertz CT molecular complexity index is 448. The topological polar surface area (TPSA) is 63.6 Å². The lowest BCUT2D eigenvalue weighted by Crippen LogP contribution is -2.08. The van der Waals surface area contributed by atoms with Crippen molar-refractivity contribution in [3.8, 4) is 0 Å². The quantitative estimate of drug-likeness (QED) is 0.662. The number of esters is 1. The van der Waals surface area contributed by atoms with E-state index in [2.05, 4.69) is 4.74 Å². The molecule has 0 aliphatic carbocycles. The zero-order chi connectivity index (χ0) is 12.8. The number of carbonyl (C=O) groups is 2. The number of aliphatic carboxylic acids is 1. The fraction of sp³-hybridized carbons (Fsp3) is 0.167. The number of hydrogen-bond donors (Lipinski definition) is 1. The van der Waals surface area contributed by atoms with Crippen LogP contribution in [0.15, 0.2) is 29.8 Å². The van der Waals surface area contributed by atoms with Crippen LogP contribution in [0.4, 0.5) is 0 Å². The van der Waals surface area contributed by atoms with E-state index in [-0.39, 0.29) is 12.0 Å². The Kier molecular flexibility index (Phi) is 4.72. The van der Waals surface area contributed by atoms with E-state index >= 15 is 0 Å². The van der Waals surface area contributed by atoms with Gasteiger partial charge in [-0.15, -0.1) is 0 Å². The fourth-order valence-electron chi connectivity index (χ4n) is 1.18. The monoisotopic (exact) mass is 254 g/mol. The highest BCUT2D eigenvalue weighted by atomic mass is 35.5. The molecule has 0 saturated heterocycles. The van der Waals surface area contributed by atoms with Crippen LogP contribution in [0.3, 0.4) is 0 Å². The maximum atomic E-state index is 11.0. The van der Waals surface area contributed by atoms with E-state index in [0.29, 0.717) is 10.6 Å². The van der Waals surface area contributed by atoms with Crippen molar-refractivity contribution in [2.24, 2.45) is 0 Å². The van der Waals surface area contributed by atoms with E-state index in [1.165, 1.54) is 13.2 Å². The zero-order valence-corrected chi connectivity index (χ0v) is 9.90. The average Bonchev–Trinajstić information content (AvgIpc) is 2.30. The molecule has 0 saturated carbocycles. The molecular formula is C12H11ClO4. The van der Waals surface area contributed by atoms with Gasteiger partial charge in [0.1, 0.15) is 0 Å².